The van der Waals surface area contributed by atoms with Crippen molar-refractivity contribution in [3.8, 4) is 0 Å². The summed E-state index contributed by atoms with van der Waals surface area (Å²) >= 11 is 1.99. The number of hydrogen-bond donors (Lipinski definition) is 1. The predicted octanol–water partition coefficient (Wildman–Crippen LogP) is 3.12. The van der Waals surface area contributed by atoms with Crippen LogP contribution in [-0.4, -0.2) is 48.1 Å². The first-order valence-corrected chi connectivity index (χ1v) is 9.22. The average Bonchev–Trinajstić information content (AvgIpc) is 2.36. The molecule has 0 aromatic carbocycles. The van der Waals surface area contributed by atoms with E-state index in [9.17, 15) is 0 Å². The molecule has 2 nitrogen and oxygen atoms in total. The van der Waals surface area contributed by atoms with Gasteiger partial charge in [-0.2, -0.15) is 11.8 Å². The number of hydrogen-bond acceptors (Lipinski definition) is 3. The molecule has 0 spiro atoms. The van der Waals surface area contributed by atoms with Crippen LogP contribution in [0, 0.1) is 0 Å². The molecule has 2 fully saturated rings. The second-order valence-corrected chi connectivity index (χ2v) is 6.93. The Morgan fingerprint density at radius 1 is 1.22 bits per heavy atom. The number of fused-ring (bicyclic) bond motifs is 2. The highest BCUT2D eigenvalue weighted by Crippen LogP contribution is 2.34. The van der Waals surface area contributed by atoms with E-state index in [0.717, 1.165) is 18.1 Å². The predicted molar refractivity (Wildman–Crippen MR) is 82.4 cm³/mol. The fourth-order valence-electron chi connectivity index (χ4n) is 3.75. The maximum atomic E-state index is 3.76. The van der Waals surface area contributed by atoms with Crippen molar-refractivity contribution in [1.29, 1.82) is 0 Å². The lowest BCUT2D eigenvalue weighted by molar-refractivity contribution is 0.0251. The number of nitrogens with one attached hydrogen (secondary N) is 1. The summed E-state index contributed by atoms with van der Waals surface area (Å²) in [4.78, 5) is 2.85. The molecule has 0 amide bonds. The Morgan fingerprint density at radius 2 is 1.94 bits per heavy atom. The first kappa shape index (κ1) is 14.7. The molecule has 3 heteroatoms. The van der Waals surface area contributed by atoms with E-state index < -0.39 is 0 Å². The van der Waals surface area contributed by atoms with Gasteiger partial charge >= 0.3 is 0 Å². The summed E-state index contributed by atoms with van der Waals surface area (Å²) in [6.45, 7) is 4.82. The van der Waals surface area contributed by atoms with Crippen LogP contribution in [0.15, 0.2) is 0 Å². The summed E-state index contributed by atoms with van der Waals surface area (Å²) in [7, 11) is 0. The van der Waals surface area contributed by atoms with E-state index in [1.165, 1.54) is 63.8 Å². The molecule has 0 radical (unpaired) electrons. The van der Waals surface area contributed by atoms with Gasteiger partial charge in [0, 0.05) is 18.1 Å². The van der Waals surface area contributed by atoms with Crippen LogP contribution in [0.1, 0.15) is 51.9 Å². The highest BCUT2D eigenvalue weighted by atomic mass is 32.2. The summed E-state index contributed by atoms with van der Waals surface area (Å²) in [5.74, 6) is 1.33. The highest BCUT2D eigenvalue weighted by molar-refractivity contribution is 7.98. The monoisotopic (exact) mass is 270 g/mol. The maximum absolute atomic E-state index is 3.76. The van der Waals surface area contributed by atoms with Crippen molar-refractivity contribution in [2.24, 2.45) is 0 Å². The van der Waals surface area contributed by atoms with Crippen LogP contribution in [0.5, 0.6) is 0 Å². The Kier molecular flexibility index (Phi) is 6.33. The molecule has 0 saturated carbocycles. The van der Waals surface area contributed by atoms with Crippen molar-refractivity contribution in [3.63, 3.8) is 0 Å². The zero-order valence-corrected chi connectivity index (χ0v) is 13.0. The quantitative estimate of drug-likeness (QED) is 0.716. The van der Waals surface area contributed by atoms with E-state index in [2.05, 4.69) is 23.4 Å². The molecular weight excluding hydrogens is 240 g/mol. The van der Waals surface area contributed by atoms with Gasteiger partial charge in [-0.25, -0.2) is 0 Å². The van der Waals surface area contributed by atoms with Crippen molar-refractivity contribution in [3.05, 3.63) is 0 Å². The molecular formula is C15H30N2S. The zero-order valence-electron chi connectivity index (χ0n) is 12.2. The maximum Gasteiger partial charge on any atom is 0.0113 e. The van der Waals surface area contributed by atoms with E-state index in [0.29, 0.717) is 0 Å². The minimum Gasteiger partial charge on any atom is -0.314 e. The van der Waals surface area contributed by atoms with Gasteiger partial charge in [-0.15, -0.1) is 0 Å². The second kappa shape index (κ2) is 7.76. The van der Waals surface area contributed by atoms with Crippen LogP contribution >= 0.6 is 11.8 Å². The van der Waals surface area contributed by atoms with Crippen LogP contribution in [0.3, 0.4) is 0 Å². The fraction of sp³-hybridized carbons (Fsp3) is 1.00. The van der Waals surface area contributed by atoms with E-state index in [1.54, 1.807) is 0 Å². The lowest BCUT2D eigenvalue weighted by Gasteiger charge is -2.49. The van der Waals surface area contributed by atoms with Crippen LogP contribution < -0.4 is 5.32 Å². The number of rotatable bonds is 7. The summed E-state index contributed by atoms with van der Waals surface area (Å²) in [6, 6.07) is 2.57. The first-order chi connectivity index (χ1) is 8.85. The molecule has 2 unspecified atom stereocenters. The van der Waals surface area contributed by atoms with Gasteiger partial charge in [-0.3, -0.25) is 4.90 Å². The summed E-state index contributed by atoms with van der Waals surface area (Å²) < 4.78 is 0. The van der Waals surface area contributed by atoms with Crippen molar-refractivity contribution in [2.75, 3.05) is 25.1 Å². The van der Waals surface area contributed by atoms with Gasteiger partial charge < -0.3 is 5.32 Å². The van der Waals surface area contributed by atoms with Crippen LogP contribution in [-0.2, 0) is 0 Å². The molecule has 0 aromatic heterocycles. The van der Waals surface area contributed by atoms with Gasteiger partial charge in [0.2, 0.25) is 0 Å². The standard InChI is InChI=1S/C15H30N2S/c1-3-8-16-13-11-14-6-4-7-15(12-13)17(14)9-5-10-18-2/h13-16H,3-12H2,1-2H3. The van der Waals surface area contributed by atoms with Crippen molar-refractivity contribution >= 4 is 11.8 Å². The van der Waals surface area contributed by atoms with Crippen LogP contribution in [0.2, 0.25) is 0 Å². The van der Waals surface area contributed by atoms with Gasteiger partial charge in [-0.1, -0.05) is 13.3 Å². The molecule has 0 aromatic rings. The first-order valence-electron chi connectivity index (χ1n) is 7.83. The summed E-state index contributed by atoms with van der Waals surface area (Å²) in [6.07, 6.45) is 12.0. The minimum absolute atomic E-state index is 0.803. The smallest absolute Gasteiger partial charge is 0.0113 e. The molecule has 2 atom stereocenters. The van der Waals surface area contributed by atoms with Gasteiger partial charge in [0.1, 0.15) is 0 Å². The fourth-order valence-corrected chi connectivity index (χ4v) is 4.17. The minimum atomic E-state index is 0.803. The number of piperidine rings is 2. The Balaban J connectivity index is 1.82. The van der Waals surface area contributed by atoms with Gasteiger partial charge in [0.15, 0.2) is 0 Å². The molecule has 2 aliphatic rings. The van der Waals surface area contributed by atoms with E-state index >= 15 is 0 Å². The molecule has 1 N–H and O–H groups in total. The SMILES string of the molecule is CCCNC1CC2CCCC(C1)N2CCCSC. The van der Waals surface area contributed by atoms with E-state index in [4.69, 9.17) is 0 Å². The third kappa shape index (κ3) is 3.88. The zero-order chi connectivity index (χ0) is 12.8. The topological polar surface area (TPSA) is 15.3 Å². The molecule has 2 rings (SSSR count). The Hall–Kier alpha value is 0.270. The lowest BCUT2D eigenvalue weighted by atomic mass is 9.81. The summed E-state index contributed by atoms with van der Waals surface area (Å²) in [5, 5.41) is 3.76. The molecule has 2 aliphatic heterocycles. The average molecular weight is 270 g/mol. The van der Waals surface area contributed by atoms with Crippen molar-refractivity contribution in [1.82, 2.24) is 10.2 Å². The third-order valence-corrected chi connectivity index (χ3v) is 5.27. The van der Waals surface area contributed by atoms with Crippen molar-refractivity contribution in [2.45, 2.75) is 70.0 Å². The largest absolute Gasteiger partial charge is 0.314 e. The molecule has 18 heavy (non-hydrogen) atoms. The number of nitrogens with zero attached hydrogens (tertiary/aromatic N) is 1. The third-order valence-electron chi connectivity index (χ3n) is 4.57. The second-order valence-electron chi connectivity index (χ2n) is 5.95. The normalized spacial score (nSPS) is 32.7. The van der Waals surface area contributed by atoms with E-state index in [1.807, 2.05) is 11.8 Å². The molecule has 2 heterocycles. The Labute approximate surface area is 117 Å². The molecule has 2 saturated heterocycles. The van der Waals surface area contributed by atoms with Gasteiger partial charge in [0.05, 0.1) is 0 Å². The van der Waals surface area contributed by atoms with Gasteiger partial charge in [-0.05, 0) is 63.6 Å². The van der Waals surface area contributed by atoms with E-state index in [-0.39, 0.29) is 0 Å². The number of thioether (sulfide) groups is 1. The Bertz CT molecular complexity index is 221. The van der Waals surface area contributed by atoms with Gasteiger partial charge in [0.25, 0.3) is 0 Å². The van der Waals surface area contributed by atoms with Crippen molar-refractivity contribution < 1.29 is 0 Å². The molecule has 106 valence electrons. The lowest BCUT2D eigenvalue weighted by Crippen LogP contribution is -2.56. The van der Waals surface area contributed by atoms with Crippen LogP contribution in [0.25, 0.3) is 0 Å². The molecule has 0 aliphatic carbocycles. The Morgan fingerprint density at radius 3 is 2.56 bits per heavy atom. The molecule has 2 bridgehead atoms. The van der Waals surface area contributed by atoms with Crippen LogP contribution in [0.4, 0.5) is 0 Å². The highest BCUT2D eigenvalue weighted by Gasteiger charge is 2.37. The summed E-state index contributed by atoms with van der Waals surface area (Å²) in [5.41, 5.74) is 0.